The van der Waals surface area contributed by atoms with Crippen LogP contribution in [0.2, 0.25) is 0 Å². The third kappa shape index (κ3) is 18.1. The van der Waals surface area contributed by atoms with Gasteiger partial charge in [-0.1, -0.05) is 15.9 Å². The second kappa shape index (κ2) is 10.8. The van der Waals surface area contributed by atoms with Gasteiger partial charge in [-0.3, -0.25) is 0 Å². The molecule has 0 N–H and O–H groups in total. The molecule has 9 heavy (non-hydrogen) atoms. The van der Waals surface area contributed by atoms with E-state index in [1.54, 1.807) is 6.92 Å². The van der Waals surface area contributed by atoms with Crippen molar-refractivity contribution in [2.24, 2.45) is 0 Å². The van der Waals surface area contributed by atoms with Gasteiger partial charge in [0.05, 0.1) is 0 Å². The maximum absolute atomic E-state index is 10.2. The first-order chi connectivity index (χ1) is 4.27. The first-order valence-electron chi connectivity index (χ1n) is 2.82. The Morgan fingerprint density at radius 2 is 2.00 bits per heavy atom. The van der Waals surface area contributed by atoms with E-state index < -0.39 is 0 Å². The van der Waals surface area contributed by atoms with Crippen LogP contribution in [0.3, 0.4) is 0 Å². The number of carbonyl (C=O) groups is 1. The summed E-state index contributed by atoms with van der Waals surface area (Å²) in [5, 5.41) is 0.937. The van der Waals surface area contributed by atoms with E-state index in [4.69, 9.17) is 0 Å². The van der Waals surface area contributed by atoms with Gasteiger partial charge in [-0.15, -0.1) is 13.2 Å². The Labute approximate surface area is 65.3 Å². The minimum absolute atomic E-state index is 0.277. The highest BCUT2D eigenvalue weighted by atomic mass is 79.9. The Hall–Kier alpha value is -0.110. The molecule has 0 aliphatic carbocycles. The van der Waals surface area contributed by atoms with Crippen LogP contribution in [0.25, 0.3) is 0 Å². The lowest BCUT2D eigenvalue weighted by Crippen LogP contribution is -1.88. The third-order valence-electron chi connectivity index (χ3n) is 0.662. The third-order valence-corrected chi connectivity index (χ3v) is 1.22. The standard InChI is InChI=1S/C5H9BrO.C2H4/c1-5(7)3-2-4-6;1-2/h2-4H2,1H3;1-2H2. The molecule has 0 aliphatic heterocycles. The first-order valence-corrected chi connectivity index (χ1v) is 3.95. The van der Waals surface area contributed by atoms with Gasteiger partial charge in [0, 0.05) is 11.8 Å². The molecule has 0 amide bonds. The Bertz CT molecular complexity index is 71.3. The topological polar surface area (TPSA) is 17.1 Å². The molecule has 0 saturated carbocycles. The predicted molar refractivity (Wildman–Crippen MR) is 45.0 cm³/mol. The number of Topliss-reactive ketones (excluding diaryl/α,β-unsaturated/α-hetero) is 1. The van der Waals surface area contributed by atoms with Crippen molar-refractivity contribution in [2.75, 3.05) is 5.33 Å². The Balaban J connectivity index is 0. The zero-order chi connectivity index (χ0) is 7.70. The van der Waals surface area contributed by atoms with Gasteiger partial charge in [-0.25, -0.2) is 0 Å². The molecule has 0 rings (SSSR count). The van der Waals surface area contributed by atoms with E-state index in [0.29, 0.717) is 6.42 Å². The number of hydrogen-bond donors (Lipinski definition) is 0. The molecule has 0 aromatic heterocycles. The van der Waals surface area contributed by atoms with Crippen molar-refractivity contribution in [3.05, 3.63) is 13.2 Å². The summed E-state index contributed by atoms with van der Waals surface area (Å²) in [6.45, 7) is 7.61. The molecule has 0 aromatic carbocycles. The van der Waals surface area contributed by atoms with Gasteiger partial charge in [-0.2, -0.15) is 0 Å². The molecule has 0 unspecified atom stereocenters. The van der Waals surface area contributed by atoms with E-state index in [-0.39, 0.29) is 5.78 Å². The lowest BCUT2D eigenvalue weighted by atomic mass is 10.3. The molecular weight excluding hydrogens is 180 g/mol. The van der Waals surface area contributed by atoms with Gasteiger partial charge < -0.3 is 4.79 Å². The number of carbonyl (C=O) groups excluding carboxylic acids is 1. The van der Waals surface area contributed by atoms with E-state index in [2.05, 4.69) is 29.1 Å². The van der Waals surface area contributed by atoms with Crippen molar-refractivity contribution < 1.29 is 4.79 Å². The van der Waals surface area contributed by atoms with E-state index in [1.165, 1.54) is 0 Å². The van der Waals surface area contributed by atoms with Crippen molar-refractivity contribution in [1.82, 2.24) is 0 Å². The minimum atomic E-state index is 0.277. The van der Waals surface area contributed by atoms with Gasteiger partial charge in [0.15, 0.2) is 0 Å². The zero-order valence-electron chi connectivity index (χ0n) is 5.82. The predicted octanol–water partition coefficient (Wildman–Crippen LogP) is 2.55. The van der Waals surface area contributed by atoms with E-state index in [9.17, 15) is 4.79 Å². The summed E-state index contributed by atoms with van der Waals surface area (Å²) in [6.07, 6.45) is 1.68. The van der Waals surface area contributed by atoms with Gasteiger partial charge >= 0.3 is 0 Å². The Morgan fingerprint density at radius 3 is 2.11 bits per heavy atom. The monoisotopic (exact) mass is 192 g/mol. The van der Waals surface area contributed by atoms with Crippen LogP contribution in [0.4, 0.5) is 0 Å². The summed E-state index contributed by atoms with van der Waals surface area (Å²) < 4.78 is 0. The van der Waals surface area contributed by atoms with Gasteiger partial charge in [0.25, 0.3) is 0 Å². The molecule has 0 saturated heterocycles. The molecule has 2 heteroatoms. The summed E-state index contributed by atoms with van der Waals surface area (Å²) in [6, 6.07) is 0. The van der Waals surface area contributed by atoms with E-state index in [0.717, 1.165) is 11.8 Å². The highest BCUT2D eigenvalue weighted by molar-refractivity contribution is 9.09. The summed E-state index contributed by atoms with van der Waals surface area (Å²) >= 11 is 3.23. The molecule has 0 fully saturated rings. The quantitative estimate of drug-likeness (QED) is 0.497. The van der Waals surface area contributed by atoms with Crippen molar-refractivity contribution in [2.45, 2.75) is 19.8 Å². The van der Waals surface area contributed by atoms with Crippen LogP contribution in [0.5, 0.6) is 0 Å². The number of alkyl halides is 1. The normalized spacial score (nSPS) is 7.33. The molecule has 0 bridgehead atoms. The second-order valence-electron chi connectivity index (χ2n) is 1.49. The number of halogens is 1. The smallest absolute Gasteiger partial charge is 0.129 e. The molecule has 54 valence electrons. The van der Waals surface area contributed by atoms with E-state index in [1.807, 2.05) is 0 Å². The van der Waals surface area contributed by atoms with Gasteiger partial charge in [-0.05, 0) is 13.3 Å². The minimum Gasteiger partial charge on any atom is -0.300 e. The molecule has 0 atom stereocenters. The zero-order valence-corrected chi connectivity index (χ0v) is 7.41. The first kappa shape index (κ1) is 11.7. The van der Waals surface area contributed by atoms with E-state index >= 15 is 0 Å². The SMILES string of the molecule is C=C.CC(=O)CCCBr. The molecule has 0 aliphatic rings. The molecule has 0 spiro atoms. The van der Waals surface area contributed by atoms with Crippen LogP contribution in [0, 0.1) is 0 Å². The highest BCUT2D eigenvalue weighted by Crippen LogP contribution is 1.93. The molecule has 0 heterocycles. The van der Waals surface area contributed by atoms with Crippen LogP contribution >= 0.6 is 15.9 Å². The van der Waals surface area contributed by atoms with Crippen molar-refractivity contribution >= 4 is 21.7 Å². The fourth-order valence-corrected chi connectivity index (χ4v) is 0.596. The van der Waals surface area contributed by atoms with Crippen LogP contribution in [0.1, 0.15) is 19.8 Å². The van der Waals surface area contributed by atoms with Gasteiger partial charge in [0.1, 0.15) is 5.78 Å². The van der Waals surface area contributed by atoms with Crippen LogP contribution in [0.15, 0.2) is 13.2 Å². The Morgan fingerprint density at radius 1 is 1.56 bits per heavy atom. The van der Waals surface area contributed by atoms with Crippen molar-refractivity contribution in [3.8, 4) is 0 Å². The summed E-state index contributed by atoms with van der Waals surface area (Å²) in [4.78, 5) is 10.2. The van der Waals surface area contributed by atoms with Gasteiger partial charge in [0.2, 0.25) is 0 Å². The summed E-state index contributed by atoms with van der Waals surface area (Å²) in [5.41, 5.74) is 0. The number of ketones is 1. The molecular formula is C7H13BrO. The maximum atomic E-state index is 10.2. The fraction of sp³-hybridized carbons (Fsp3) is 0.571. The average molecular weight is 193 g/mol. The van der Waals surface area contributed by atoms with Crippen LogP contribution in [-0.4, -0.2) is 11.1 Å². The summed E-state index contributed by atoms with van der Waals surface area (Å²) in [7, 11) is 0. The lowest BCUT2D eigenvalue weighted by Gasteiger charge is -1.85. The average Bonchev–Trinajstić information content (AvgIpc) is 1.88. The second-order valence-corrected chi connectivity index (χ2v) is 2.29. The molecule has 1 nitrogen and oxygen atoms in total. The molecule has 0 aromatic rings. The largest absolute Gasteiger partial charge is 0.300 e. The summed E-state index contributed by atoms with van der Waals surface area (Å²) in [5.74, 6) is 0.277. The fourth-order valence-electron chi connectivity index (χ4n) is 0.316. The van der Waals surface area contributed by atoms with Crippen molar-refractivity contribution in [3.63, 3.8) is 0 Å². The lowest BCUT2D eigenvalue weighted by molar-refractivity contribution is -0.117. The Kier molecular flexibility index (Phi) is 14.0. The van der Waals surface area contributed by atoms with Crippen LogP contribution in [-0.2, 0) is 4.79 Å². The highest BCUT2D eigenvalue weighted by Gasteiger charge is 1.88. The maximum Gasteiger partial charge on any atom is 0.129 e. The number of rotatable bonds is 3. The molecule has 0 radical (unpaired) electrons. The van der Waals surface area contributed by atoms with Crippen molar-refractivity contribution in [1.29, 1.82) is 0 Å². The van der Waals surface area contributed by atoms with Crippen LogP contribution < -0.4 is 0 Å². The number of hydrogen-bond acceptors (Lipinski definition) is 1.